The first kappa shape index (κ1) is 33.0. The molecule has 6 N–H and O–H groups in total. The summed E-state index contributed by atoms with van der Waals surface area (Å²) in [5.41, 5.74) is 0. The summed E-state index contributed by atoms with van der Waals surface area (Å²) in [5.74, 6) is -1.49. The summed E-state index contributed by atoms with van der Waals surface area (Å²) in [7, 11) is 0. The molecule has 0 fully saturated rings. The van der Waals surface area contributed by atoms with Gasteiger partial charge >= 0.3 is 0 Å². The third kappa shape index (κ3) is 14.7. The highest BCUT2D eigenvalue weighted by molar-refractivity contribution is 5.95. The summed E-state index contributed by atoms with van der Waals surface area (Å²) in [4.78, 5) is 49.8. The highest BCUT2D eigenvalue weighted by Gasteiger charge is 2.31. The minimum absolute atomic E-state index is 0.105. The molecule has 1 aliphatic heterocycles. The highest BCUT2D eigenvalue weighted by atomic mass is 16.3. The second-order valence-electron chi connectivity index (χ2n) is 10.2. The van der Waals surface area contributed by atoms with Crippen LogP contribution in [0, 0.1) is 5.92 Å². The van der Waals surface area contributed by atoms with Crippen LogP contribution >= 0.6 is 0 Å². The lowest BCUT2D eigenvalue weighted by Crippen LogP contribution is -2.58. The van der Waals surface area contributed by atoms with E-state index in [9.17, 15) is 29.4 Å². The van der Waals surface area contributed by atoms with Gasteiger partial charge in [-0.05, 0) is 39.0 Å². The van der Waals surface area contributed by atoms with Crippen molar-refractivity contribution in [1.29, 1.82) is 0 Å². The van der Waals surface area contributed by atoms with Gasteiger partial charge in [-0.15, -0.1) is 0 Å². The van der Waals surface area contributed by atoms with E-state index < -0.39 is 48.1 Å². The van der Waals surface area contributed by atoms with Crippen molar-refractivity contribution in [2.24, 2.45) is 5.92 Å². The van der Waals surface area contributed by atoms with Crippen LogP contribution < -0.4 is 21.3 Å². The van der Waals surface area contributed by atoms with E-state index >= 15 is 0 Å². The van der Waals surface area contributed by atoms with Crippen molar-refractivity contribution in [3.05, 3.63) is 36.5 Å². The number of carbonyl (C=O) groups excluding carboxylic acids is 4. The maximum atomic E-state index is 12.9. The smallest absolute Gasteiger partial charge is 0.245 e. The number of carbonyl (C=O) groups is 4. The Hall–Kier alpha value is -2.98. The number of unbranched alkanes of at least 4 members (excludes halogenated alkanes) is 3. The molecule has 4 amide bonds. The monoisotopic (exact) mass is 534 g/mol. The molecule has 0 unspecified atom stereocenters. The van der Waals surface area contributed by atoms with Gasteiger partial charge in [0.15, 0.2) is 0 Å². The largest absolute Gasteiger partial charge is 0.393 e. The molecule has 0 aromatic heterocycles. The first-order valence-electron chi connectivity index (χ1n) is 13.6. The molecule has 0 aliphatic carbocycles. The van der Waals surface area contributed by atoms with E-state index in [4.69, 9.17) is 0 Å². The van der Waals surface area contributed by atoms with Crippen LogP contribution in [0.5, 0.6) is 0 Å². The molecule has 0 aromatic rings. The van der Waals surface area contributed by atoms with Crippen LogP contribution in [0.15, 0.2) is 36.5 Å². The van der Waals surface area contributed by atoms with Crippen LogP contribution in [0.1, 0.15) is 72.6 Å². The Labute approximate surface area is 226 Å². The van der Waals surface area contributed by atoms with Gasteiger partial charge in [-0.1, -0.05) is 57.4 Å². The van der Waals surface area contributed by atoms with Crippen molar-refractivity contribution in [2.45, 2.75) is 103 Å². The third-order valence-electron chi connectivity index (χ3n) is 6.03. The number of aliphatic hydroxyl groups is 2. The number of hydrogen-bond donors (Lipinski definition) is 6. The van der Waals surface area contributed by atoms with Gasteiger partial charge in [0.25, 0.3) is 0 Å². The van der Waals surface area contributed by atoms with Crippen molar-refractivity contribution in [3.8, 4) is 0 Å². The maximum absolute atomic E-state index is 12.9. The van der Waals surface area contributed by atoms with Gasteiger partial charge in [0, 0.05) is 31.2 Å². The molecule has 0 bridgehead atoms. The molecular formula is C28H46N4O6. The molecule has 214 valence electrons. The number of amides is 4. The molecule has 10 nitrogen and oxygen atoms in total. The molecule has 0 saturated carbocycles. The number of rotatable bonds is 12. The van der Waals surface area contributed by atoms with Gasteiger partial charge in [0.2, 0.25) is 23.6 Å². The summed E-state index contributed by atoms with van der Waals surface area (Å²) in [6.07, 6.45) is 12.9. The average molecular weight is 535 g/mol. The Morgan fingerprint density at radius 2 is 1.89 bits per heavy atom. The Bertz CT molecular complexity index is 852. The predicted octanol–water partition coefficient (Wildman–Crippen LogP) is 1.39. The number of allylic oxidation sites excluding steroid dienone is 3. The summed E-state index contributed by atoms with van der Waals surface area (Å²) in [6.45, 7) is 7.65. The topological polar surface area (TPSA) is 157 Å². The minimum atomic E-state index is -1.31. The van der Waals surface area contributed by atoms with Crippen LogP contribution in [-0.2, 0) is 19.2 Å². The molecule has 1 heterocycles. The van der Waals surface area contributed by atoms with E-state index in [1.165, 1.54) is 44.4 Å². The SMILES string of the molecule is CC(C)CCCCC/C=C/C=C\C(=O)N[C@H](C(=O)N[C@H]1C[C@H](O)CCNC(=O)C=C[C@H](C)NC1=O)[C@@H](C)O. The van der Waals surface area contributed by atoms with Gasteiger partial charge in [-0.25, -0.2) is 0 Å². The van der Waals surface area contributed by atoms with Crippen LogP contribution in [-0.4, -0.2) is 70.7 Å². The molecular weight excluding hydrogens is 488 g/mol. The zero-order valence-corrected chi connectivity index (χ0v) is 23.1. The van der Waals surface area contributed by atoms with E-state index in [0.29, 0.717) is 0 Å². The van der Waals surface area contributed by atoms with Gasteiger partial charge < -0.3 is 31.5 Å². The lowest BCUT2D eigenvalue weighted by Gasteiger charge is -2.26. The maximum Gasteiger partial charge on any atom is 0.245 e. The van der Waals surface area contributed by atoms with Crippen LogP contribution in [0.3, 0.4) is 0 Å². The van der Waals surface area contributed by atoms with E-state index in [2.05, 4.69) is 35.1 Å². The molecule has 0 saturated heterocycles. The molecule has 0 spiro atoms. The minimum Gasteiger partial charge on any atom is -0.393 e. The second-order valence-corrected chi connectivity index (χ2v) is 10.2. The first-order chi connectivity index (χ1) is 18.0. The van der Waals surface area contributed by atoms with Crippen molar-refractivity contribution < 1.29 is 29.4 Å². The molecule has 10 heteroatoms. The van der Waals surface area contributed by atoms with Crippen molar-refractivity contribution >= 4 is 23.6 Å². The van der Waals surface area contributed by atoms with Gasteiger partial charge in [0.1, 0.15) is 12.1 Å². The standard InChI is InChI=1S/C28H46N4O6/c1-19(2)12-10-8-6-5-7-9-11-13-25(36)32-26(21(4)33)28(38)31-23-18-22(34)16-17-29-24(35)15-14-20(3)30-27(23)37/h7,9,11,13-15,19-23,26,33-34H,5-6,8,10,12,16-18H2,1-4H3,(H,29,35)(H,30,37)(H,31,38)(H,32,36)/b9-7+,13-11-,15-14?/t20-,21+,22+,23-,26-/m0/s1. The normalized spacial score (nSPS) is 22.9. The van der Waals surface area contributed by atoms with Crippen LogP contribution in [0.4, 0.5) is 0 Å². The van der Waals surface area contributed by atoms with Gasteiger partial charge in [-0.3, -0.25) is 19.2 Å². The number of aliphatic hydroxyl groups excluding tert-OH is 2. The van der Waals surface area contributed by atoms with Crippen molar-refractivity contribution in [3.63, 3.8) is 0 Å². The van der Waals surface area contributed by atoms with Crippen molar-refractivity contribution in [1.82, 2.24) is 21.3 Å². The molecule has 5 atom stereocenters. The molecule has 1 aliphatic rings. The fourth-order valence-corrected chi connectivity index (χ4v) is 3.82. The van der Waals surface area contributed by atoms with Gasteiger partial charge in [0.05, 0.1) is 12.2 Å². The average Bonchev–Trinajstić information content (AvgIpc) is 2.83. The molecule has 0 radical (unpaired) electrons. The molecule has 38 heavy (non-hydrogen) atoms. The number of hydrogen-bond acceptors (Lipinski definition) is 6. The summed E-state index contributed by atoms with van der Waals surface area (Å²) < 4.78 is 0. The summed E-state index contributed by atoms with van der Waals surface area (Å²) in [5, 5.41) is 30.8. The van der Waals surface area contributed by atoms with Gasteiger partial charge in [-0.2, -0.15) is 0 Å². The van der Waals surface area contributed by atoms with E-state index in [1.807, 2.05) is 6.08 Å². The van der Waals surface area contributed by atoms with Crippen molar-refractivity contribution in [2.75, 3.05) is 6.54 Å². The fourth-order valence-electron chi connectivity index (χ4n) is 3.82. The number of nitrogens with one attached hydrogen (secondary N) is 4. The predicted molar refractivity (Wildman–Crippen MR) is 147 cm³/mol. The Kier molecular flexibility index (Phi) is 15.9. The Morgan fingerprint density at radius 3 is 2.58 bits per heavy atom. The first-order valence-corrected chi connectivity index (χ1v) is 13.6. The molecule has 0 aromatic carbocycles. The fraction of sp³-hybridized carbons (Fsp3) is 0.643. The summed E-state index contributed by atoms with van der Waals surface area (Å²) >= 11 is 0. The lowest BCUT2D eigenvalue weighted by molar-refractivity contribution is -0.134. The highest BCUT2D eigenvalue weighted by Crippen LogP contribution is 2.10. The third-order valence-corrected chi connectivity index (χ3v) is 6.03. The van der Waals surface area contributed by atoms with Crippen LogP contribution in [0.2, 0.25) is 0 Å². The molecule has 1 rings (SSSR count). The Morgan fingerprint density at radius 1 is 1.16 bits per heavy atom. The second kappa shape index (κ2) is 18.3. The van der Waals surface area contributed by atoms with E-state index in [1.54, 1.807) is 19.1 Å². The van der Waals surface area contributed by atoms with E-state index in [-0.39, 0.29) is 25.3 Å². The Balaban J connectivity index is 2.70. The summed E-state index contributed by atoms with van der Waals surface area (Å²) in [6, 6.07) is -2.92. The zero-order valence-electron chi connectivity index (χ0n) is 23.1. The zero-order chi connectivity index (χ0) is 28.5. The van der Waals surface area contributed by atoms with E-state index in [0.717, 1.165) is 18.8 Å². The van der Waals surface area contributed by atoms with Crippen LogP contribution in [0.25, 0.3) is 0 Å². The lowest BCUT2D eigenvalue weighted by atomic mass is 10.0. The quantitative estimate of drug-likeness (QED) is 0.126.